The first kappa shape index (κ1) is 18.7. The number of carbonyl (C=O) groups excluding carboxylic acids is 1. The Balaban J connectivity index is 1.64. The minimum absolute atomic E-state index is 0.230. The maximum Gasteiger partial charge on any atom is 0.270 e. The Morgan fingerprint density at radius 1 is 1.21 bits per heavy atom. The molecule has 0 bridgehead atoms. The van der Waals surface area contributed by atoms with E-state index in [0.717, 1.165) is 33.6 Å². The summed E-state index contributed by atoms with van der Waals surface area (Å²) in [5, 5.41) is 8.17. The molecule has 6 nitrogen and oxygen atoms in total. The van der Waals surface area contributed by atoms with Crippen molar-refractivity contribution in [1.82, 2.24) is 20.1 Å². The first-order chi connectivity index (χ1) is 13.5. The lowest BCUT2D eigenvalue weighted by Gasteiger charge is -2.25. The Morgan fingerprint density at radius 3 is 2.79 bits per heavy atom. The number of nitrogens with one attached hydrogen (secondary N) is 1. The number of ether oxygens (including phenoxy) is 1. The maximum absolute atomic E-state index is 12.7. The Bertz CT molecular complexity index is 1040. The van der Waals surface area contributed by atoms with Gasteiger partial charge in [-0.25, -0.2) is 4.68 Å². The van der Waals surface area contributed by atoms with E-state index < -0.39 is 0 Å². The quantitative estimate of drug-likeness (QED) is 0.730. The minimum atomic E-state index is -0.295. The van der Waals surface area contributed by atoms with Gasteiger partial charge in [-0.15, -0.1) is 0 Å². The monoisotopic (exact) mass is 396 g/mol. The van der Waals surface area contributed by atoms with Crippen molar-refractivity contribution in [2.45, 2.75) is 33.4 Å². The molecule has 1 atom stereocenters. The fraction of sp³-hybridized carbons (Fsp3) is 0.286. The summed E-state index contributed by atoms with van der Waals surface area (Å²) in [5.41, 5.74) is 6.15. The molecule has 1 aliphatic heterocycles. The number of aromatic nitrogens is 3. The molecule has 2 aromatic heterocycles. The van der Waals surface area contributed by atoms with Crippen molar-refractivity contribution < 1.29 is 9.53 Å². The number of halogens is 1. The number of pyridine rings is 1. The number of carbonyl (C=O) groups is 1. The molecule has 1 N–H and O–H groups in total. The van der Waals surface area contributed by atoms with E-state index in [1.54, 1.807) is 23.1 Å². The first-order valence-corrected chi connectivity index (χ1v) is 9.47. The molecule has 0 saturated carbocycles. The van der Waals surface area contributed by atoms with Gasteiger partial charge in [-0.1, -0.05) is 23.7 Å². The number of hydrogen-bond acceptors (Lipinski definition) is 4. The molecule has 0 aliphatic carbocycles. The fourth-order valence-corrected chi connectivity index (χ4v) is 3.67. The summed E-state index contributed by atoms with van der Waals surface area (Å²) in [4.78, 5) is 16.9. The summed E-state index contributed by atoms with van der Waals surface area (Å²) in [6.45, 7) is 6.72. The second-order valence-corrected chi connectivity index (χ2v) is 7.47. The van der Waals surface area contributed by atoms with Gasteiger partial charge in [-0.3, -0.25) is 9.78 Å². The number of fused-ring (bicyclic) bond motifs is 1. The highest BCUT2D eigenvalue weighted by Crippen LogP contribution is 2.31. The highest BCUT2D eigenvalue weighted by molar-refractivity contribution is 6.32. The standard InChI is InChI=1S/C21H21ClN4O2/c1-12-5-4-6-16(22)20(12)26-19-11-28-10-18(15(19)9-24-26)25-21(27)17-7-13(2)14(3)8-23-17/h4-9,18H,10-11H2,1-3H3,(H,25,27)/t18-/m1/s1. The molecule has 1 amide bonds. The van der Waals surface area contributed by atoms with Crippen molar-refractivity contribution in [3.05, 3.63) is 75.3 Å². The number of rotatable bonds is 3. The summed E-state index contributed by atoms with van der Waals surface area (Å²) in [7, 11) is 0. The molecule has 3 heterocycles. The third-order valence-corrected chi connectivity index (χ3v) is 5.42. The van der Waals surface area contributed by atoms with Crippen LogP contribution in [0.4, 0.5) is 0 Å². The number of aryl methyl sites for hydroxylation is 3. The molecule has 28 heavy (non-hydrogen) atoms. The van der Waals surface area contributed by atoms with Crippen molar-refractivity contribution in [2.24, 2.45) is 0 Å². The Labute approximate surface area is 168 Å². The second kappa shape index (κ2) is 7.37. The van der Waals surface area contributed by atoms with Crippen molar-refractivity contribution in [3.8, 4) is 5.69 Å². The van der Waals surface area contributed by atoms with Crippen molar-refractivity contribution in [2.75, 3.05) is 6.61 Å². The van der Waals surface area contributed by atoms with Crippen LogP contribution in [0.1, 0.15) is 44.5 Å². The summed E-state index contributed by atoms with van der Waals surface area (Å²) in [6.07, 6.45) is 3.49. The van der Waals surface area contributed by atoms with Crippen LogP contribution in [0, 0.1) is 20.8 Å². The van der Waals surface area contributed by atoms with Crippen LogP contribution in [-0.4, -0.2) is 27.3 Å². The Morgan fingerprint density at radius 2 is 2.04 bits per heavy atom. The molecular formula is C21H21ClN4O2. The molecule has 1 aliphatic rings. The van der Waals surface area contributed by atoms with E-state index in [9.17, 15) is 4.79 Å². The van der Waals surface area contributed by atoms with Crippen LogP contribution in [0.2, 0.25) is 5.02 Å². The van der Waals surface area contributed by atoms with Crippen LogP contribution in [-0.2, 0) is 11.3 Å². The second-order valence-electron chi connectivity index (χ2n) is 7.06. The van der Waals surface area contributed by atoms with Gasteiger partial charge in [0.2, 0.25) is 0 Å². The van der Waals surface area contributed by atoms with Crippen LogP contribution in [0.25, 0.3) is 5.69 Å². The smallest absolute Gasteiger partial charge is 0.270 e. The number of benzene rings is 1. The predicted octanol–water partition coefficient (Wildman–Crippen LogP) is 3.85. The zero-order valence-corrected chi connectivity index (χ0v) is 16.7. The van der Waals surface area contributed by atoms with Crippen LogP contribution < -0.4 is 5.32 Å². The molecule has 7 heteroatoms. The first-order valence-electron chi connectivity index (χ1n) is 9.10. The van der Waals surface area contributed by atoms with Gasteiger partial charge >= 0.3 is 0 Å². The van der Waals surface area contributed by atoms with E-state index in [1.165, 1.54) is 0 Å². The topological polar surface area (TPSA) is 69.0 Å². The van der Waals surface area contributed by atoms with Crippen LogP contribution in [0.5, 0.6) is 0 Å². The SMILES string of the molecule is Cc1cnc(C(=O)N[C@@H]2COCc3c2cnn3-c2c(C)cccc2Cl)cc1C. The van der Waals surface area contributed by atoms with Gasteiger partial charge in [0.25, 0.3) is 5.91 Å². The number of nitrogens with zero attached hydrogens (tertiary/aromatic N) is 3. The van der Waals surface area contributed by atoms with Gasteiger partial charge < -0.3 is 10.1 Å². The van der Waals surface area contributed by atoms with E-state index in [4.69, 9.17) is 16.3 Å². The van der Waals surface area contributed by atoms with Gasteiger partial charge in [-0.05, 0) is 49.6 Å². The molecule has 0 fully saturated rings. The van der Waals surface area contributed by atoms with Crippen molar-refractivity contribution in [1.29, 1.82) is 0 Å². The third-order valence-electron chi connectivity index (χ3n) is 5.11. The average molecular weight is 397 g/mol. The van der Waals surface area contributed by atoms with Crippen molar-refractivity contribution in [3.63, 3.8) is 0 Å². The van der Waals surface area contributed by atoms with E-state index in [2.05, 4.69) is 15.4 Å². The lowest BCUT2D eigenvalue weighted by molar-refractivity contribution is 0.0684. The molecule has 0 radical (unpaired) electrons. The Hall–Kier alpha value is -2.70. The lowest BCUT2D eigenvalue weighted by Crippen LogP contribution is -2.34. The van der Waals surface area contributed by atoms with Gasteiger partial charge in [0.15, 0.2) is 0 Å². The van der Waals surface area contributed by atoms with Crippen LogP contribution in [0.15, 0.2) is 36.7 Å². The largest absolute Gasteiger partial charge is 0.373 e. The highest BCUT2D eigenvalue weighted by Gasteiger charge is 2.28. The summed E-state index contributed by atoms with van der Waals surface area (Å²) in [5.74, 6) is -0.230. The Kier molecular flexibility index (Phi) is 4.91. The number of para-hydroxylation sites is 1. The molecule has 0 spiro atoms. The van der Waals surface area contributed by atoms with Crippen LogP contribution >= 0.6 is 11.6 Å². The molecule has 4 rings (SSSR count). The van der Waals surface area contributed by atoms with Gasteiger partial charge in [0.1, 0.15) is 5.69 Å². The zero-order valence-electron chi connectivity index (χ0n) is 16.0. The number of hydrogen-bond donors (Lipinski definition) is 1. The van der Waals surface area contributed by atoms with Gasteiger partial charge in [0.05, 0.1) is 41.9 Å². The molecular weight excluding hydrogens is 376 g/mol. The molecule has 0 unspecified atom stereocenters. The molecule has 144 valence electrons. The average Bonchev–Trinajstić information content (AvgIpc) is 3.09. The molecule has 3 aromatic rings. The third kappa shape index (κ3) is 3.30. The normalized spacial score (nSPS) is 15.9. The van der Waals surface area contributed by atoms with E-state index in [1.807, 2.05) is 39.0 Å². The van der Waals surface area contributed by atoms with E-state index in [0.29, 0.717) is 23.9 Å². The lowest BCUT2D eigenvalue weighted by atomic mass is 10.1. The zero-order chi connectivity index (χ0) is 19.8. The summed E-state index contributed by atoms with van der Waals surface area (Å²) in [6, 6.07) is 7.24. The maximum atomic E-state index is 12.7. The highest BCUT2D eigenvalue weighted by atomic mass is 35.5. The minimum Gasteiger partial charge on any atom is -0.373 e. The fourth-order valence-electron chi connectivity index (χ4n) is 3.37. The van der Waals surface area contributed by atoms with Crippen molar-refractivity contribution >= 4 is 17.5 Å². The summed E-state index contributed by atoms with van der Waals surface area (Å²) < 4.78 is 7.55. The molecule has 1 aromatic carbocycles. The van der Waals surface area contributed by atoms with E-state index in [-0.39, 0.29) is 11.9 Å². The number of amides is 1. The van der Waals surface area contributed by atoms with Gasteiger partial charge in [0, 0.05) is 11.8 Å². The predicted molar refractivity (Wildman–Crippen MR) is 107 cm³/mol. The van der Waals surface area contributed by atoms with Crippen LogP contribution in [0.3, 0.4) is 0 Å². The molecule has 0 saturated heterocycles. The van der Waals surface area contributed by atoms with Gasteiger partial charge in [-0.2, -0.15) is 5.10 Å². The van der Waals surface area contributed by atoms with E-state index >= 15 is 0 Å². The summed E-state index contributed by atoms with van der Waals surface area (Å²) >= 11 is 6.41.